The van der Waals surface area contributed by atoms with E-state index in [4.69, 9.17) is 41.3 Å². The van der Waals surface area contributed by atoms with Gasteiger partial charge in [-0.3, -0.25) is 4.90 Å². The molecule has 1 aliphatic heterocycles. The summed E-state index contributed by atoms with van der Waals surface area (Å²) < 4.78 is 40.6. The SMILES string of the molecule is [C-]#[N+]c1ccc(N2C(=S)N(c3ccc(C)cc3)C3(CCC3)C2=NC(=S)Nc2ccc(C#N)c(C(F)(F)F)c2)cc1C. The summed E-state index contributed by atoms with van der Waals surface area (Å²) in [5.41, 5.74) is 1.92. The monoisotopic (exact) mass is 588 g/mol. The summed E-state index contributed by atoms with van der Waals surface area (Å²) in [6.07, 6.45) is -2.29. The zero-order chi connectivity index (χ0) is 29.5. The number of nitrogens with zero attached hydrogens (tertiary/aromatic N) is 5. The molecule has 0 atom stereocenters. The third kappa shape index (κ3) is 5.03. The molecule has 2 aliphatic rings. The molecular formula is C30H23F3N6S2. The minimum Gasteiger partial charge on any atom is -0.331 e. The highest BCUT2D eigenvalue weighted by atomic mass is 32.1. The fraction of sp³-hybridized carbons (Fsp3) is 0.233. The van der Waals surface area contributed by atoms with E-state index in [1.54, 1.807) is 18.2 Å². The van der Waals surface area contributed by atoms with Crippen LogP contribution in [-0.2, 0) is 6.18 Å². The number of anilines is 3. The van der Waals surface area contributed by atoms with Crippen LogP contribution in [-0.4, -0.2) is 21.6 Å². The molecule has 206 valence electrons. The quantitative estimate of drug-likeness (QED) is 0.247. The van der Waals surface area contributed by atoms with Gasteiger partial charge in [0.1, 0.15) is 11.4 Å². The van der Waals surface area contributed by atoms with Gasteiger partial charge in [0.2, 0.25) is 0 Å². The molecule has 1 N–H and O–H groups in total. The van der Waals surface area contributed by atoms with E-state index >= 15 is 0 Å². The van der Waals surface area contributed by atoms with Crippen LogP contribution >= 0.6 is 24.4 Å². The second-order valence-corrected chi connectivity index (χ2v) is 10.7. The molecule has 0 aromatic heterocycles. The number of aryl methyl sites for hydroxylation is 2. The van der Waals surface area contributed by atoms with Crippen molar-refractivity contribution in [1.82, 2.24) is 0 Å². The van der Waals surface area contributed by atoms with Gasteiger partial charge in [-0.2, -0.15) is 18.4 Å². The fourth-order valence-corrected chi connectivity index (χ4v) is 5.86. The van der Waals surface area contributed by atoms with E-state index in [2.05, 4.69) is 15.1 Å². The topological polar surface area (TPSA) is 59.0 Å². The predicted molar refractivity (Wildman–Crippen MR) is 163 cm³/mol. The first kappa shape index (κ1) is 28.2. The summed E-state index contributed by atoms with van der Waals surface area (Å²) in [5.74, 6) is 0.562. The molecule has 41 heavy (non-hydrogen) atoms. The minimum atomic E-state index is -4.70. The van der Waals surface area contributed by atoms with E-state index in [0.717, 1.165) is 48.2 Å². The van der Waals surface area contributed by atoms with Gasteiger partial charge < -0.3 is 10.2 Å². The van der Waals surface area contributed by atoms with Crippen LogP contribution in [0.1, 0.15) is 41.5 Å². The Morgan fingerprint density at radius 1 is 1.07 bits per heavy atom. The van der Waals surface area contributed by atoms with Gasteiger partial charge in [0.15, 0.2) is 15.9 Å². The average molecular weight is 589 g/mol. The van der Waals surface area contributed by atoms with Crippen molar-refractivity contribution in [2.24, 2.45) is 4.99 Å². The molecule has 1 spiro atoms. The number of rotatable bonds is 3. The third-order valence-corrected chi connectivity index (χ3v) is 7.93. The summed E-state index contributed by atoms with van der Waals surface area (Å²) >= 11 is 11.6. The molecular weight excluding hydrogens is 566 g/mol. The second-order valence-electron chi connectivity index (χ2n) is 9.99. The number of benzene rings is 3. The van der Waals surface area contributed by atoms with Gasteiger partial charge in [-0.05, 0) is 106 Å². The Morgan fingerprint density at radius 2 is 1.76 bits per heavy atom. The lowest BCUT2D eigenvalue weighted by Crippen LogP contribution is -2.55. The van der Waals surface area contributed by atoms with Crippen LogP contribution in [0.2, 0.25) is 0 Å². The van der Waals surface area contributed by atoms with Gasteiger partial charge in [0, 0.05) is 17.1 Å². The Labute approximate surface area is 246 Å². The molecule has 0 bridgehead atoms. The molecule has 1 aliphatic carbocycles. The fourth-order valence-electron chi connectivity index (χ4n) is 5.18. The lowest BCUT2D eigenvalue weighted by molar-refractivity contribution is -0.137. The van der Waals surface area contributed by atoms with Gasteiger partial charge >= 0.3 is 6.18 Å². The van der Waals surface area contributed by atoms with Crippen LogP contribution in [0.3, 0.4) is 0 Å². The van der Waals surface area contributed by atoms with E-state index in [-0.39, 0.29) is 10.8 Å². The lowest BCUT2D eigenvalue weighted by atomic mass is 9.74. The van der Waals surface area contributed by atoms with E-state index in [1.165, 1.54) is 6.07 Å². The van der Waals surface area contributed by atoms with Crippen molar-refractivity contribution in [2.75, 3.05) is 15.1 Å². The molecule has 1 saturated heterocycles. The van der Waals surface area contributed by atoms with E-state index in [1.807, 2.05) is 49.1 Å². The number of thiocarbonyl (C=S) groups is 2. The highest BCUT2D eigenvalue weighted by molar-refractivity contribution is 7.81. The van der Waals surface area contributed by atoms with Crippen molar-refractivity contribution >= 4 is 63.2 Å². The van der Waals surface area contributed by atoms with Crippen LogP contribution in [0.15, 0.2) is 65.7 Å². The number of nitrogens with one attached hydrogen (secondary N) is 1. The summed E-state index contributed by atoms with van der Waals surface area (Å²) in [6.45, 7) is 11.3. The van der Waals surface area contributed by atoms with Gasteiger partial charge in [-0.25, -0.2) is 9.84 Å². The summed E-state index contributed by atoms with van der Waals surface area (Å²) in [7, 11) is 0. The molecule has 1 saturated carbocycles. The lowest BCUT2D eigenvalue weighted by Gasteiger charge is -2.44. The second kappa shape index (κ2) is 10.6. The Morgan fingerprint density at radius 3 is 2.32 bits per heavy atom. The molecule has 6 nitrogen and oxygen atoms in total. The van der Waals surface area contributed by atoms with Crippen LogP contribution in [0, 0.1) is 31.8 Å². The van der Waals surface area contributed by atoms with Crippen molar-refractivity contribution in [3.8, 4) is 6.07 Å². The zero-order valence-corrected chi connectivity index (χ0v) is 23.7. The van der Waals surface area contributed by atoms with Crippen molar-refractivity contribution in [3.05, 3.63) is 94.3 Å². The molecule has 11 heteroatoms. The van der Waals surface area contributed by atoms with Crippen molar-refractivity contribution in [2.45, 2.75) is 44.8 Å². The Hall–Kier alpha value is -4.32. The molecule has 0 amide bonds. The number of nitriles is 1. The van der Waals surface area contributed by atoms with Gasteiger partial charge in [0.05, 0.1) is 23.8 Å². The number of hydrogen-bond donors (Lipinski definition) is 1. The molecule has 3 aromatic carbocycles. The Kier molecular flexibility index (Phi) is 7.28. The molecule has 0 radical (unpaired) electrons. The smallest absolute Gasteiger partial charge is 0.331 e. The first-order valence-corrected chi connectivity index (χ1v) is 13.5. The van der Waals surface area contributed by atoms with E-state index in [9.17, 15) is 13.2 Å². The van der Waals surface area contributed by atoms with Crippen LogP contribution < -0.4 is 15.1 Å². The Bertz CT molecular complexity index is 1680. The maximum atomic E-state index is 13.5. The number of alkyl halides is 3. The van der Waals surface area contributed by atoms with Crippen LogP contribution in [0.4, 0.5) is 35.9 Å². The number of aliphatic imine (C=N–C) groups is 1. The molecule has 2 fully saturated rings. The molecule has 1 heterocycles. The standard InChI is InChI=1S/C30H23F3N6S2/c1-18-5-9-22(10-6-18)39-28(41)38(23-11-12-25(35-3)19(2)15-23)26(29(39)13-4-14-29)37-27(40)36-21-8-7-20(17-34)24(16-21)30(31,32)33/h5-12,15-16H,4,13-14H2,1-2H3,(H,36,40). The largest absolute Gasteiger partial charge is 0.417 e. The molecule has 3 aromatic rings. The molecule has 5 rings (SSSR count). The first-order chi connectivity index (χ1) is 19.5. The maximum absolute atomic E-state index is 13.5. The first-order valence-electron chi connectivity index (χ1n) is 12.7. The predicted octanol–water partition coefficient (Wildman–Crippen LogP) is 8.07. The Balaban J connectivity index is 1.60. The van der Waals surface area contributed by atoms with Crippen molar-refractivity contribution in [3.63, 3.8) is 0 Å². The van der Waals surface area contributed by atoms with Gasteiger partial charge in [-0.1, -0.05) is 23.8 Å². The summed E-state index contributed by atoms with van der Waals surface area (Å²) in [4.78, 5) is 12.3. The zero-order valence-electron chi connectivity index (χ0n) is 22.1. The number of hydrogen-bond acceptors (Lipinski definition) is 3. The van der Waals surface area contributed by atoms with Gasteiger partial charge in [-0.15, -0.1) is 0 Å². The number of amidine groups is 1. The summed E-state index contributed by atoms with van der Waals surface area (Å²) in [6, 6.07) is 18.3. The van der Waals surface area contributed by atoms with Gasteiger partial charge in [0.25, 0.3) is 0 Å². The van der Waals surface area contributed by atoms with Crippen LogP contribution in [0.25, 0.3) is 4.85 Å². The maximum Gasteiger partial charge on any atom is 0.417 e. The molecule has 0 unspecified atom stereocenters. The normalized spacial score (nSPS) is 16.9. The number of halogens is 3. The van der Waals surface area contributed by atoms with E-state index < -0.39 is 22.8 Å². The highest BCUT2D eigenvalue weighted by Crippen LogP contribution is 2.49. The minimum absolute atomic E-state index is 0.0443. The average Bonchev–Trinajstić information content (AvgIpc) is 3.16. The van der Waals surface area contributed by atoms with E-state index in [0.29, 0.717) is 22.3 Å². The van der Waals surface area contributed by atoms with Crippen molar-refractivity contribution in [1.29, 1.82) is 5.26 Å². The highest BCUT2D eigenvalue weighted by Gasteiger charge is 2.58. The third-order valence-electron chi connectivity index (χ3n) is 7.37. The van der Waals surface area contributed by atoms with Crippen LogP contribution in [0.5, 0.6) is 0 Å². The summed E-state index contributed by atoms with van der Waals surface area (Å²) in [5, 5.41) is 12.4. The van der Waals surface area contributed by atoms with Crippen molar-refractivity contribution < 1.29 is 13.2 Å².